The van der Waals surface area contributed by atoms with Gasteiger partial charge in [-0.1, -0.05) is 24.3 Å². The standard InChI is InChI=1S/C20H27N3O4/c1-21(2)17-14-5-3-4-6-15(14)20(18(17)25)7-9-22(10-8-20)16(24)13-23-11-12-27-19(23)26/h3-6,17-18,25H,7-13H2,1-2H3/t17-,18+/m1/s1. The van der Waals surface area contributed by atoms with Crippen LogP contribution in [0.3, 0.4) is 0 Å². The van der Waals surface area contributed by atoms with E-state index in [0.29, 0.717) is 26.2 Å². The van der Waals surface area contributed by atoms with Crippen LogP contribution in [0, 0.1) is 0 Å². The Balaban J connectivity index is 1.49. The van der Waals surface area contributed by atoms with Crippen molar-refractivity contribution in [3.05, 3.63) is 35.4 Å². The molecule has 2 fully saturated rings. The van der Waals surface area contributed by atoms with Gasteiger partial charge in [-0.25, -0.2) is 4.79 Å². The third kappa shape index (κ3) is 2.89. The van der Waals surface area contributed by atoms with Crippen LogP contribution in [-0.2, 0) is 14.9 Å². The monoisotopic (exact) mass is 373 g/mol. The molecule has 1 aromatic rings. The van der Waals surface area contributed by atoms with E-state index in [2.05, 4.69) is 17.0 Å². The largest absolute Gasteiger partial charge is 0.448 e. The van der Waals surface area contributed by atoms with Gasteiger partial charge in [0.05, 0.1) is 18.7 Å². The molecule has 2 amide bonds. The fourth-order valence-electron chi connectivity index (χ4n) is 4.95. The van der Waals surface area contributed by atoms with Gasteiger partial charge >= 0.3 is 6.09 Å². The Bertz CT molecular complexity index is 742. The molecule has 27 heavy (non-hydrogen) atoms. The molecule has 2 saturated heterocycles. The van der Waals surface area contributed by atoms with E-state index in [1.807, 2.05) is 31.1 Å². The summed E-state index contributed by atoms with van der Waals surface area (Å²) in [4.78, 5) is 29.5. The fraction of sp³-hybridized carbons (Fsp3) is 0.600. The summed E-state index contributed by atoms with van der Waals surface area (Å²) in [5.74, 6) is -0.0476. The SMILES string of the molecule is CN(C)[C@@H]1c2ccccc2C2(CCN(C(=O)CN3CCOC3=O)CC2)[C@H]1O. The molecule has 3 aliphatic rings. The zero-order valence-corrected chi connectivity index (χ0v) is 15.9. The van der Waals surface area contributed by atoms with E-state index in [4.69, 9.17) is 4.74 Å². The molecule has 2 atom stereocenters. The Morgan fingerprint density at radius 2 is 1.96 bits per heavy atom. The Morgan fingerprint density at radius 1 is 1.26 bits per heavy atom. The summed E-state index contributed by atoms with van der Waals surface area (Å²) < 4.78 is 4.90. The lowest BCUT2D eigenvalue weighted by molar-refractivity contribution is -0.134. The summed E-state index contributed by atoms with van der Waals surface area (Å²) >= 11 is 0. The highest BCUT2D eigenvalue weighted by Crippen LogP contribution is 2.52. The van der Waals surface area contributed by atoms with E-state index in [-0.39, 0.29) is 23.9 Å². The van der Waals surface area contributed by atoms with Gasteiger partial charge in [0.15, 0.2) is 0 Å². The minimum absolute atomic E-state index is 0.0252. The number of hydrogen-bond acceptors (Lipinski definition) is 5. The van der Waals surface area contributed by atoms with Crippen LogP contribution in [-0.4, -0.2) is 84.8 Å². The number of likely N-dealkylation sites (N-methyl/N-ethyl adjacent to an activating group) is 1. The Hall–Kier alpha value is -2.12. The Labute approximate surface area is 159 Å². The lowest BCUT2D eigenvalue weighted by Crippen LogP contribution is -2.52. The number of fused-ring (bicyclic) bond motifs is 2. The summed E-state index contributed by atoms with van der Waals surface area (Å²) in [7, 11) is 3.99. The lowest BCUT2D eigenvalue weighted by Gasteiger charge is -2.43. The maximum atomic E-state index is 12.6. The quantitative estimate of drug-likeness (QED) is 0.855. The van der Waals surface area contributed by atoms with Crippen LogP contribution in [0.5, 0.6) is 0 Å². The second-order valence-corrected chi connectivity index (χ2v) is 8.01. The number of nitrogens with zero attached hydrogens (tertiary/aromatic N) is 3. The van der Waals surface area contributed by atoms with Crippen molar-refractivity contribution in [1.29, 1.82) is 0 Å². The van der Waals surface area contributed by atoms with Gasteiger partial charge in [-0.15, -0.1) is 0 Å². The average Bonchev–Trinajstić information content (AvgIpc) is 3.16. The number of carbonyl (C=O) groups is 2. The average molecular weight is 373 g/mol. The summed E-state index contributed by atoms with van der Waals surface area (Å²) in [6.45, 7) is 2.08. The first-order chi connectivity index (χ1) is 12.9. The molecule has 0 radical (unpaired) electrons. The smallest absolute Gasteiger partial charge is 0.410 e. The number of carbonyl (C=O) groups excluding carboxylic acids is 2. The number of piperidine rings is 1. The third-order valence-corrected chi connectivity index (χ3v) is 6.42. The zero-order valence-electron chi connectivity index (χ0n) is 15.9. The summed E-state index contributed by atoms with van der Waals surface area (Å²) in [5, 5.41) is 11.2. The van der Waals surface area contributed by atoms with Crippen LogP contribution in [0.15, 0.2) is 24.3 Å². The van der Waals surface area contributed by atoms with Crippen LogP contribution >= 0.6 is 0 Å². The Morgan fingerprint density at radius 3 is 2.59 bits per heavy atom. The molecule has 1 aromatic carbocycles. The van der Waals surface area contributed by atoms with E-state index < -0.39 is 12.2 Å². The predicted molar refractivity (Wildman–Crippen MR) is 99.3 cm³/mol. The molecule has 2 aliphatic heterocycles. The normalized spacial score (nSPS) is 26.6. The topological polar surface area (TPSA) is 73.3 Å². The molecule has 146 valence electrons. The van der Waals surface area contributed by atoms with E-state index >= 15 is 0 Å². The summed E-state index contributed by atoms with van der Waals surface area (Å²) in [6.07, 6.45) is 0.554. The molecule has 7 heteroatoms. The van der Waals surface area contributed by atoms with Crippen molar-refractivity contribution >= 4 is 12.0 Å². The maximum absolute atomic E-state index is 12.6. The van der Waals surface area contributed by atoms with Crippen molar-refractivity contribution in [3.63, 3.8) is 0 Å². The van der Waals surface area contributed by atoms with Crippen LogP contribution in [0.1, 0.15) is 30.0 Å². The number of amides is 2. The second-order valence-electron chi connectivity index (χ2n) is 8.01. The number of likely N-dealkylation sites (tertiary alicyclic amines) is 1. The number of cyclic esters (lactones) is 1. The van der Waals surface area contributed by atoms with Gasteiger partial charge in [-0.05, 0) is 38.1 Å². The van der Waals surface area contributed by atoms with Crippen LogP contribution < -0.4 is 0 Å². The number of benzene rings is 1. The zero-order chi connectivity index (χ0) is 19.2. The lowest BCUT2D eigenvalue weighted by atomic mass is 9.72. The van der Waals surface area contributed by atoms with E-state index in [1.54, 1.807) is 0 Å². The Kier molecular flexibility index (Phi) is 4.60. The second kappa shape index (κ2) is 6.80. The predicted octanol–water partition coefficient (Wildman–Crippen LogP) is 0.976. The highest BCUT2D eigenvalue weighted by Gasteiger charge is 2.53. The van der Waals surface area contributed by atoms with Gasteiger partial charge in [0.2, 0.25) is 5.91 Å². The van der Waals surface area contributed by atoms with Gasteiger partial charge in [0.25, 0.3) is 0 Å². The highest BCUT2D eigenvalue weighted by molar-refractivity contribution is 5.83. The molecule has 4 rings (SSSR count). The van der Waals surface area contributed by atoms with Gasteiger partial charge in [0.1, 0.15) is 13.2 Å². The highest BCUT2D eigenvalue weighted by atomic mass is 16.6. The van der Waals surface area contributed by atoms with E-state index in [0.717, 1.165) is 12.8 Å². The number of aliphatic hydroxyl groups excluding tert-OH is 1. The number of rotatable bonds is 3. The molecule has 1 aliphatic carbocycles. The number of ether oxygens (including phenoxy) is 1. The fourth-order valence-corrected chi connectivity index (χ4v) is 4.95. The molecule has 0 saturated carbocycles. The van der Waals surface area contributed by atoms with Gasteiger partial charge in [-0.3, -0.25) is 9.69 Å². The molecule has 0 unspecified atom stereocenters. The van der Waals surface area contributed by atoms with Crippen molar-refractivity contribution in [2.45, 2.75) is 30.4 Å². The van der Waals surface area contributed by atoms with Crippen LogP contribution in [0.25, 0.3) is 0 Å². The van der Waals surface area contributed by atoms with E-state index in [1.165, 1.54) is 16.0 Å². The summed E-state index contributed by atoms with van der Waals surface area (Å²) in [6, 6.07) is 8.26. The molecular weight excluding hydrogens is 346 g/mol. The van der Waals surface area contributed by atoms with Crippen LogP contribution in [0.2, 0.25) is 0 Å². The first-order valence-electron chi connectivity index (χ1n) is 9.57. The van der Waals surface area contributed by atoms with Crippen molar-refractivity contribution in [3.8, 4) is 0 Å². The van der Waals surface area contributed by atoms with Crippen molar-refractivity contribution in [2.75, 3.05) is 46.9 Å². The van der Waals surface area contributed by atoms with Gasteiger partial charge < -0.3 is 19.6 Å². The molecular formula is C20H27N3O4. The van der Waals surface area contributed by atoms with Crippen LogP contribution in [0.4, 0.5) is 4.79 Å². The molecule has 7 nitrogen and oxygen atoms in total. The first kappa shape index (κ1) is 18.3. The first-order valence-corrected chi connectivity index (χ1v) is 9.57. The van der Waals surface area contributed by atoms with Gasteiger partial charge in [0, 0.05) is 18.5 Å². The minimum atomic E-state index is -0.490. The molecule has 1 spiro atoms. The molecule has 2 heterocycles. The maximum Gasteiger partial charge on any atom is 0.410 e. The van der Waals surface area contributed by atoms with Crippen molar-refractivity contribution in [2.24, 2.45) is 0 Å². The number of hydrogen-bond donors (Lipinski definition) is 1. The van der Waals surface area contributed by atoms with E-state index in [9.17, 15) is 14.7 Å². The number of aliphatic hydroxyl groups is 1. The van der Waals surface area contributed by atoms with Crippen molar-refractivity contribution in [1.82, 2.24) is 14.7 Å². The molecule has 0 bridgehead atoms. The minimum Gasteiger partial charge on any atom is -0.448 e. The van der Waals surface area contributed by atoms with Crippen molar-refractivity contribution < 1.29 is 19.4 Å². The third-order valence-electron chi connectivity index (χ3n) is 6.42. The molecule has 1 N–H and O–H groups in total. The summed E-state index contributed by atoms with van der Waals surface area (Å²) in [5.41, 5.74) is 2.09. The molecule has 0 aromatic heterocycles. The van der Waals surface area contributed by atoms with Gasteiger partial charge in [-0.2, -0.15) is 0 Å².